The van der Waals surface area contributed by atoms with Crippen molar-refractivity contribution in [1.29, 1.82) is 0 Å². The lowest BCUT2D eigenvalue weighted by Crippen LogP contribution is -2.37. The van der Waals surface area contributed by atoms with Gasteiger partial charge < -0.3 is 10.6 Å². The van der Waals surface area contributed by atoms with Crippen LogP contribution in [-0.4, -0.2) is 18.4 Å². The first-order valence-corrected chi connectivity index (χ1v) is 5.94. The third-order valence-corrected chi connectivity index (χ3v) is 2.81. The predicted molar refractivity (Wildman–Crippen MR) is 64.0 cm³/mol. The molecule has 0 aliphatic heterocycles. The van der Waals surface area contributed by atoms with Crippen LogP contribution >= 0.6 is 0 Å². The number of hydrogen-bond donors (Lipinski definition) is 2. The van der Waals surface area contributed by atoms with Gasteiger partial charge >= 0.3 is 0 Å². The van der Waals surface area contributed by atoms with Gasteiger partial charge in [-0.1, -0.05) is 18.2 Å². The summed E-state index contributed by atoms with van der Waals surface area (Å²) in [6.07, 6.45) is 1.81. The van der Waals surface area contributed by atoms with Crippen LogP contribution in [0.25, 0.3) is 0 Å². The Balaban J connectivity index is 1.71. The van der Waals surface area contributed by atoms with Gasteiger partial charge in [0.25, 0.3) is 0 Å². The van der Waals surface area contributed by atoms with Crippen LogP contribution in [0, 0.1) is 11.7 Å². The molecule has 1 aromatic rings. The summed E-state index contributed by atoms with van der Waals surface area (Å²) in [4.78, 5) is 22.7. The molecule has 1 saturated carbocycles. The third kappa shape index (κ3) is 3.55. The summed E-state index contributed by atoms with van der Waals surface area (Å²) >= 11 is 0. The number of benzene rings is 1. The van der Waals surface area contributed by atoms with E-state index in [0.29, 0.717) is 5.56 Å². The van der Waals surface area contributed by atoms with E-state index in [2.05, 4.69) is 10.6 Å². The quantitative estimate of drug-likeness (QED) is 0.818. The van der Waals surface area contributed by atoms with E-state index in [1.807, 2.05) is 0 Å². The fourth-order valence-corrected chi connectivity index (χ4v) is 1.56. The smallest absolute Gasteiger partial charge is 0.239 e. The lowest BCUT2D eigenvalue weighted by Gasteiger charge is -2.07. The van der Waals surface area contributed by atoms with E-state index in [9.17, 15) is 14.0 Å². The molecule has 0 bridgehead atoms. The Bertz CT molecular complexity index is 458. The molecule has 5 heteroatoms. The topological polar surface area (TPSA) is 58.2 Å². The van der Waals surface area contributed by atoms with Crippen molar-refractivity contribution in [2.24, 2.45) is 5.92 Å². The number of halogens is 1. The van der Waals surface area contributed by atoms with Crippen LogP contribution in [0.5, 0.6) is 0 Å². The minimum absolute atomic E-state index is 0.0518. The van der Waals surface area contributed by atoms with Crippen molar-refractivity contribution in [3.63, 3.8) is 0 Å². The monoisotopic (exact) mass is 250 g/mol. The second-order valence-electron chi connectivity index (χ2n) is 4.36. The highest BCUT2D eigenvalue weighted by atomic mass is 19.1. The minimum atomic E-state index is -0.347. The Kier molecular flexibility index (Phi) is 3.92. The molecule has 1 aromatic carbocycles. The van der Waals surface area contributed by atoms with Gasteiger partial charge in [0.1, 0.15) is 5.82 Å². The first-order valence-electron chi connectivity index (χ1n) is 5.94. The van der Waals surface area contributed by atoms with Crippen LogP contribution in [0.3, 0.4) is 0 Å². The van der Waals surface area contributed by atoms with Gasteiger partial charge in [0.15, 0.2) is 0 Å². The van der Waals surface area contributed by atoms with Gasteiger partial charge in [-0.3, -0.25) is 9.59 Å². The molecule has 96 valence electrons. The van der Waals surface area contributed by atoms with Gasteiger partial charge in [-0.2, -0.15) is 0 Å². The summed E-state index contributed by atoms with van der Waals surface area (Å²) in [5.41, 5.74) is 0.430. The van der Waals surface area contributed by atoms with E-state index in [1.165, 1.54) is 6.07 Å². The molecule has 0 heterocycles. The van der Waals surface area contributed by atoms with Crippen molar-refractivity contribution in [2.45, 2.75) is 19.4 Å². The summed E-state index contributed by atoms with van der Waals surface area (Å²) in [7, 11) is 0. The zero-order valence-electron chi connectivity index (χ0n) is 9.91. The maximum Gasteiger partial charge on any atom is 0.239 e. The first kappa shape index (κ1) is 12.5. The molecule has 1 fully saturated rings. The Labute approximate surface area is 105 Å². The van der Waals surface area contributed by atoms with Gasteiger partial charge in [0.2, 0.25) is 11.8 Å². The number of carbonyl (C=O) groups is 2. The van der Waals surface area contributed by atoms with Gasteiger partial charge in [-0.15, -0.1) is 0 Å². The van der Waals surface area contributed by atoms with Crippen molar-refractivity contribution >= 4 is 11.8 Å². The number of hydrogen-bond acceptors (Lipinski definition) is 2. The molecule has 2 N–H and O–H groups in total. The van der Waals surface area contributed by atoms with E-state index in [4.69, 9.17) is 0 Å². The molecule has 0 saturated heterocycles. The van der Waals surface area contributed by atoms with Crippen LogP contribution in [0.15, 0.2) is 24.3 Å². The Hall–Kier alpha value is -1.91. The van der Waals surface area contributed by atoms with Gasteiger partial charge in [-0.25, -0.2) is 4.39 Å². The van der Waals surface area contributed by atoms with Crippen molar-refractivity contribution in [2.75, 3.05) is 6.54 Å². The Morgan fingerprint density at radius 1 is 1.22 bits per heavy atom. The number of rotatable bonds is 5. The van der Waals surface area contributed by atoms with Crippen LogP contribution < -0.4 is 10.6 Å². The highest BCUT2D eigenvalue weighted by Gasteiger charge is 2.29. The summed E-state index contributed by atoms with van der Waals surface area (Å²) in [6, 6.07) is 6.25. The number of carbonyl (C=O) groups excluding carboxylic acids is 2. The second kappa shape index (κ2) is 5.62. The largest absolute Gasteiger partial charge is 0.350 e. The number of nitrogens with one attached hydrogen (secondary N) is 2. The summed E-state index contributed by atoms with van der Waals surface area (Å²) in [5.74, 6) is -0.646. The molecule has 1 aliphatic carbocycles. The summed E-state index contributed by atoms with van der Waals surface area (Å²) in [5, 5.41) is 5.11. The fourth-order valence-electron chi connectivity index (χ4n) is 1.56. The van der Waals surface area contributed by atoms with Crippen LogP contribution in [0.1, 0.15) is 18.4 Å². The zero-order valence-corrected chi connectivity index (χ0v) is 9.91. The second-order valence-corrected chi connectivity index (χ2v) is 4.36. The van der Waals surface area contributed by atoms with Crippen molar-refractivity contribution in [1.82, 2.24) is 10.6 Å². The predicted octanol–water partition coefficient (Wildman–Crippen LogP) is 0.968. The van der Waals surface area contributed by atoms with E-state index in [0.717, 1.165) is 12.8 Å². The summed E-state index contributed by atoms with van der Waals surface area (Å²) in [6.45, 7) is 0.0780. The van der Waals surface area contributed by atoms with E-state index >= 15 is 0 Å². The van der Waals surface area contributed by atoms with Crippen LogP contribution in [0.4, 0.5) is 4.39 Å². The highest BCUT2D eigenvalue weighted by Crippen LogP contribution is 2.28. The van der Waals surface area contributed by atoms with E-state index < -0.39 is 0 Å². The van der Waals surface area contributed by atoms with E-state index in [1.54, 1.807) is 18.2 Å². The SMILES string of the molecule is O=C(CNC(=O)C1CC1)NCc1ccccc1F. The average Bonchev–Trinajstić information content (AvgIpc) is 3.19. The van der Waals surface area contributed by atoms with Crippen LogP contribution in [-0.2, 0) is 16.1 Å². The first-order chi connectivity index (χ1) is 8.66. The fraction of sp³-hybridized carbons (Fsp3) is 0.385. The molecule has 0 radical (unpaired) electrons. The molecule has 2 amide bonds. The van der Waals surface area contributed by atoms with Crippen LogP contribution in [0.2, 0.25) is 0 Å². The van der Waals surface area contributed by atoms with Gasteiger partial charge in [0, 0.05) is 18.0 Å². The molecule has 18 heavy (non-hydrogen) atoms. The standard InChI is InChI=1S/C13H15FN2O2/c14-11-4-2-1-3-10(11)7-15-12(17)8-16-13(18)9-5-6-9/h1-4,9H,5-8H2,(H,15,17)(H,16,18). The maximum absolute atomic E-state index is 13.2. The molecule has 1 aliphatic rings. The van der Waals surface area contributed by atoms with Gasteiger partial charge in [-0.05, 0) is 18.9 Å². The molecule has 2 rings (SSSR count). The summed E-state index contributed by atoms with van der Waals surface area (Å²) < 4.78 is 13.2. The van der Waals surface area contributed by atoms with E-state index in [-0.39, 0.29) is 36.6 Å². The number of amides is 2. The molecule has 4 nitrogen and oxygen atoms in total. The molecule has 0 spiro atoms. The Morgan fingerprint density at radius 3 is 2.61 bits per heavy atom. The van der Waals surface area contributed by atoms with Crippen molar-refractivity contribution in [3.8, 4) is 0 Å². The maximum atomic E-state index is 13.2. The third-order valence-electron chi connectivity index (χ3n) is 2.81. The zero-order chi connectivity index (χ0) is 13.0. The molecular formula is C13H15FN2O2. The van der Waals surface area contributed by atoms with Crippen molar-refractivity contribution in [3.05, 3.63) is 35.6 Å². The Morgan fingerprint density at radius 2 is 1.94 bits per heavy atom. The van der Waals surface area contributed by atoms with Crippen molar-refractivity contribution < 1.29 is 14.0 Å². The molecular weight excluding hydrogens is 235 g/mol. The lowest BCUT2D eigenvalue weighted by atomic mass is 10.2. The normalized spacial score (nSPS) is 14.1. The van der Waals surface area contributed by atoms with Gasteiger partial charge in [0.05, 0.1) is 6.54 Å². The average molecular weight is 250 g/mol. The molecule has 0 atom stereocenters. The lowest BCUT2D eigenvalue weighted by molar-refractivity contribution is -0.126. The molecule has 0 unspecified atom stereocenters. The highest BCUT2D eigenvalue weighted by molar-refractivity contribution is 5.86. The minimum Gasteiger partial charge on any atom is -0.350 e. The molecule has 0 aromatic heterocycles.